The van der Waals surface area contributed by atoms with E-state index < -0.39 is 10.0 Å². The van der Waals surface area contributed by atoms with E-state index in [1.54, 1.807) is 18.2 Å². The van der Waals surface area contributed by atoms with Gasteiger partial charge in [-0.15, -0.1) is 0 Å². The van der Waals surface area contributed by atoms with Gasteiger partial charge in [-0.25, -0.2) is 8.42 Å². The van der Waals surface area contributed by atoms with E-state index in [0.717, 1.165) is 11.1 Å². The van der Waals surface area contributed by atoms with Crippen LogP contribution in [0.2, 0.25) is 0 Å². The third-order valence-electron chi connectivity index (χ3n) is 3.71. The highest BCUT2D eigenvalue weighted by Crippen LogP contribution is 2.35. The van der Waals surface area contributed by atoms with Crippen molar-refractivity contribution in [2.24, 2.45) is 0 Å². The smallest absolute Gasteiger partial charge is 0.262 e. The molecule has 0 aliphatic carbocycles. The van der Waals surface area contributed by atoms with Crippen LogP contribution < -0.4 is 18.9 Å². The van der Waals surface area contributed by atoms with Gasteiger partial charge in [0.1, 0.15) is 5.75 Å². The van der Waals surface area contributed by atoms with Gasteiger partial charge >= 0.3 is 0 Å². The average molecular weight is 335 g/mol. The second-order valence-electron chi connectivity index (χ2n) is 5.26. The summed E-state index contributed by atoms with van der Waals surface area (Å²) in [6.07, 6.45) is 0. The third-order valence-corrected chi connectivity index (χ3v) is 5.08. The van der Waals surface area contributed by atoms with Gasteiger partial charge in [-0.1, -0.05) is 0 Å². The Morgan fingerprint density at radius 1 is 1.04 bits per heavy atom. The van der Waals surface area contributed by atoms with Crippen molar-refractivity contribution in [3.8, 4) is 17.2 Å². The molecular formula is C16H17NO5S. The van der Waals surface area contributed by atoms with Gasteiger partial charge < -0.3 is 14.2 Å². The molecule has 122 valence electrons. The lowest BCUT2D eigenvalue weighted by atomic mass is 10.1. The minimum Gasteiger partial charge on any atom is -0.495 e. The number of hydrogen-bond donors (Lipinski definition) is 1. The lowest BCUT2D eigenvalue weighted by molar-refractivity contribution is 0.174. The summed E-state index contributed by atoms with van der Waals surface area (Å²) < 4.78 is 43.5. The van der Waals surface area contributed by atoms with Gasteiger partial charge in [0.25, 0.3) is 10.0 Å². The molecule has 2 aromatic carbocycles. The van der Waals surface area contributed by atoms with E-state index in [4.69, 9.17) is 14.2 Å². The highest BCUT2D eigenvalue weighted by molar-refractivity contribution is 7.92. The zero-order valence-corrected chi connectivity index (χ0v) is 13.9. The van der Waals surface area contributed by atoms with Crippen molar-refractivity contribution in [3.63, 3.8) is 0 Å². The molecule has 0 aromatic heterocycles. The van der Waals surface area contributed by atoms with Crippen LogP contribution >= 0.6 is 0 Å². The van der Waals surface area contributed by atoms with Gasteiger partial charge in [-0.3, -0.25) is 4.72 Å². The van der Waals surface area contributed by atoms with Crippen molar-refractivity contribution >= 4 is 15.7 Å². The number of benzene rings is 2. The van der Waals surface area contributed by atoms with Crippen molar-refractivity contribution in [1.29, 1.82) is 0 Å². The van der Waals surface area contributed by atoms with Crippen LogP contribution in [0, 0.1) is 13.8 Å². The second kappa shape index (κ2) is 5.66. The van der Waals surface area contributed by atoms with Crippen LogP contribution in [0.1, 0.15) is 11.1 Å². The number of nitrogens with one attached hydrogen (secondary N) is 1. The van der Waals surface area contributed by atoms with E-state index in [1.165, 1.54) is 19.2 Å². The Bertz CT molecular complexity index is 861. The average Bonchev–Trinajstić information content (AvgIpc) is 2.98. The Labute approximate surface area is 135 Å². The standard InChI is InChI=1S/C16H17NO5S/c1-10-6-13(15(20-3)7-11(10)2)17-23(18,19)12-4-5-14-16(8-12)22-9-21-14/h4-8,17H,9H2,1-3H3. The molecule has 0 atom stereocenters. The Kier molecular flexibility index (Phi) is 3.81. The summed E-state index contributed by atoms with van der Waals surface area (Å²) >= 11 is 0. The maximum atomic E-state index is 12.6. The summed E-state index contributed by atoms with van der Waals surface area (Å²) in [5, 5.41) is 0. The molecule has 6 nitrogen and oxygen atoms in total. The Balaban J connectivity index is 1.97. The first-order valence-corrected chi connectivity index (χ1v) is 8.47. The molecule has 0 saturated heterocycles. The maximum Gasteiger partial charge on any atom is 0.262 e. The summed E-state index contributed by atoms with van der Waals surface area (Å²) in [6, 6.07) is 8.04. The van der Waals surface area contributed by atoms with Crippen LogP contribution in [0.15, 0.2) is 35.2 Å². The van der Waals surface area contributed by atoms with Gasteiger partial charge in [0.2, 0.25) is 6.79 Å². The molecule has 1 N–H and O–H groups in total. The third kappa shape index (κ3) is 2.92. The minimum absolute atomic E-state index is 0.0945. The monoisotopic (exact) mass is 335 g/mol. The van der Waals surface area contributed by atoms with Gasteiger partial charge in [-0.05, 0) is 49.2 Å². The SMILES string of the molecule is COc1cc(C)c(C)cc1NS(=O)(=O)c1ccc2c(c1)OCO2. The number of fused-ring (bicyclic) bond motifs is 1. The van der Waals surface area contributed by atoms with Crippen LogP contribution in [0.5, 0.6) is 17.2 Å². The molecule has 1 aliphatic heterocycles. The van der Waals surface area contributed by atoms with Crippen molar-refractivity contribution in [2.45, 2.75) is 18.7 Å². The summed E-state index contributed by atoms with van der Waals surface area (Å²) in [4.78, 5) is 0.0991. The first-order chi connectivity index (χ1) is 10.9. The summed E-state index contributed by atoms with van der Waals surface area (Å²) in [6.45, 7) is 3.94. The van der Waals surface area contributed by atoms with Crippen LogP contribution in [0.4, 0.5) is 5.69 Å². The van der Waals surface area contributed by atoms with E-state index in [-0.39, 0.29) is 11.7 Å². The molecule has 1 aliphatic rings. The lowest BCUT2D eigenvalue weighted by Crippen LogP contribution is -2.14. The van der Waals surface area contributed by atoms with E-state index in [2.05, 4.69) is 4.72 Å². The minimum atomic E-state index is -3.76. The Hall–Kier alpha value is -2.41. The molecule has 0 spiro atoms. The molecule has 0 amide bonds. The summed E-state index contributed by atoms with van der Waals surface area (Å²) in [5.74, 6) is 1.42. The van der Waals surface area contributed by atoms with Crippen molar-refractivity contribution in [2.75, 3.05) is 18.6 Å². The number of methoxy groups -OCH3 is 1. The molecule has 3 rings (SSSR count). The zero-order valence-electron chi connectivity index (χ0n) is 13.0. The van der Waals surface area contributed by atoms with E-state index in [0.29, 0.717) is 22.9 Å². The molecule has 1 heterocycles. The van der Waals surface area contributed by atoms with Crippen LogP contribution in [-0.2, 0) is 10.0 Å². The molecule has 0 fully saturated rings. The lowest BCUT2D eigenvalue weighted by Gasteiger charge is -2.14. The molecule has 2 aromatic rings. The van der Waals surface area contributed by atoms with Gasteiger partial charge in [0.15, 0.2) is 11.5 Å². The molecule has 23 heavy (non-hydrogen) atoms. The first kappa shape index (κ1) is 15.5. The molecule has 7 heteroatoms. The van der Waals surface area contributed by atoms with Crippen LogP contribution in [0.3, 0.4) is 0 Å². The van der Waals surface area contributed by atoms with Gasteiger partial charge in [-0.2, -0.15) is 0 Å². The van der Waals surface area contributed by atoms with Crippen molar-refractivity contribution < 1.29 is 22.6 Å². The first-order valence-electron chi connectivity index (χ1n) is 6.98. The second-order valence-corrected chi connectivity index (χ2v) is 6.94. The highest BCUT2D eigenvalue weighted by atomic mass is 32.2. The van der Waals surface area contributed by atoms with E-state index >= 15 is 0 Å². The predicted molar refractivity (Wildman–Crippen MR) is 85.8 cm³/mol. The fourth-order valence-electron chi connectivity index (χ4n) is 2.29. The predicted octanol–water partition coefficient (Wildman–Crippen LogP) is 2.84. The number of sulfonamides is 1. The topological polar surface area (TPSA) is 73.9 Å². The molecule has 0 bridgehead atoms. The quantitative estimate of drug-likeness (QED) is 0.930. The number of rotatable bonds is 4. The summed E-state index contributed by atoms with van der Waals surface area (Å²) in [5.41, 5.74) is 2.38. The number of aryl methyl sites for hydroxylation is 2. The molecule has 0 saturated carbocycles. The largest absolute Gasteiger partial charge is 0.495 e. The maximum absolute atomic E-state index is 12.6. The number of anilines is 1. The van der Waals surface area contributed by atoms with Crippen molar-refractivity contribution in [3.05, 3.63) is 41.5 Å². The number of hydrogen-bond acceptors (Lipinski definition) is 5. The van der Waals surface area contributed by atoms with E-state index in [9.17, 15) is 8.42 Å². The van der Waals surface area contributed by atoms with E-state index in [1.807, 2.05) is 13.8 Å². The molecule has 0 unspecified atom stereocenters. The fraction of sp³-hybridized carbons (Fsp3) is 0.250. The van der Waals surface area contributed by atoms with Gasteiger partial charge in [0.05, 0.1) is 17.7 Å². The molecule has 0 radical (unpaired) electrons. The highest BCUT2D eigenvalue weighted by Gasteiger charge is 2.21. The van der Waals surface area contributed by atoms with Crippen molar-refractivity contribution in [1.82, 2.24) is 0 Å². The molecular weight excluding hydrogens is 318 g/mol. The Morgan fingerprint density at radius 3 is 2.48 bits per heavy atom. The van der Waals surface area contributed by atoms with Crippen LogP contribution in [0.25, 0.3) is 0 Å². The summed E-state index contributed by atoms with van der Waals surface area (Å²) in [7, 11) is -2.26. The van der Waals surface area contributed by atoms with Crippen LogP contribution in [-0.4, -0.2) is 22.3 Å². The van der Waals surface area contributed by atoms with Gasteiger partial charge in [0, 0.05) is 6.07 Å². The number of ether oxygens (including phenoxy) is 3. The Morgan fingerprint density at radius 2 is 1.74 bits per heavy atom. The zero-order chi connectivity index (χ0) is 16.6. The fourth-order valence-corrected chi connectivity index (χ4v) is 3.36. The normalized spacial score (nSPS) is 13.0.